The predicted molar refractivity (Wildman–Crippen MR) is 77.7 cm³/mol. The van der Waals surface area contributed by atoms with Crippen LogP contribution in [-0.4, -0.2) is 40.1 Å². The SMILES string of the molecule is O=C(O)c1ccc(N2C(=O)C=CC2=O)c(N2C(=O)C=CC2O)c1. The number of aromatic carboxylic acids is 1. The maximum absolute atomic E-state index is 11.9. The van der Waals surface area contributed by atoms with E-state index >= 15 is 0 Å². The molecule has 1 aromatic rings. The Morgan fingerprint density at radius 2 is 1.61 bits per heavy atom. The minimum Gasteiger partial charge on any atom is -0.478 e. The maximum Gasteiger partial charge on any atom is 0.335 e. The second kappa shape index (κ2) is 5.18. The quantitative estimate of drug-likeness (QED) is 0.761. The number of hydrogen-bond acceptors (Lipinski definition) is 5. The second-order valence-electron chi connectivity index (χ2n) is 4.83. The third kappa shape index (κ3) is 2.30. The average molecular weight is 314 g/mol. The van der Waals surface area contributed by atoms with Crippen molar-refractivity contribution in [3.05, 3.63) is 48.1 Å². The van der Waals surface area contributed by atoms with Gasteiger partial charge in [0.1, 0.15) is 0 Å². The zero-order chi connectivity index (χ0) is 16.7. The molecule has 0 bridgehead atoms. The first-order valence-electron chi connectivity index (χ1n) is 6.53. The van der Waals surface area contributed by atoms with Crippen molar-refractivity contribution in [1.29, 1.82) is 0 Å². The van der Waals surface area contributed by atoms with Crippen LogP contribution in [0, 0.1) is 0 Å². The summed E-state index contributed by atoms with van der Waals surface area (Å²) >= 11 is 0. The molecular weight excluding hydrogens is 304 g/mol. The highest BCUT2D eigenvalue weighted by atomic mass is 16.4. The fraction of sp³-hybridized carbons (Fsp3) is 0.0667. The second-order valence-corrected chi connectivity index (χ2v) is 4.83. The molecule has 3 rings (SSSR count). The molecule has 0 saturated heterocycles. The predicted octanol–water partition coefficient (Wildman–Crippen LogP) is 0.0354. The Morgan fingerprint density at radius 3 is 2.13 bits per heavy atom. The monoisotopic (exact) mass is 314 g/mol. The Kier molecular flexibility index (Phi) is 3.30. The molecule has 0 fully saturated rings. The Morgan fingerprint density at radius 1 is 0.957 bits per heavy atom. The van der Waals surface area contributed by atoms with Crippen molar-refractivity contribution in [2.75, 3.05) is 9.80 Å². The molecule has 8 nitrogen and oxygen atoms in total. The van der Waals surface area contributed by atoms with Gasteiger partial charge in [-0.25, -0.2) is 9.69 Å². The largest absolute Gasteiger partial charge is 0.478 e. The van der Waals surface area contributed by atoms with Gasteiger partial charge in [-0.3, -0.25) is 19.3 Å². The van der Waals surface area contributed by atoms with Crippen molar-refractivity contribution in [3.63, 3.8) is 0 Å². The number of carbonyl (C=O) groups is 4. The molecule has 3 amide bonds. The summed E-state index contributed by atoms with van der Waals surface area (Å²) in [6.45, 7) is 0. The van der Waals surface area contributed by atoms with E-state index in [0.717, 1.165) is 34.1 Å². The molecular formula is C15H10N2O6. The zero-order valence-electron chi connectivity index (χ0n) is 11.5. The Labute approximate surface area is 129 Å². The third-order valence-corrected chi connectivity index (χ3v) is 3.44. The lowest BCUT2D eigenvalue weighted by atomic mass is 10.1. The van der Waals surface area contributed by atoms with Crippen LogP contribution in [0.3, 0.4) is 0 Å². The van der Waals surface area contributed by atoms with Crippen LogP contribution < -0.4 is 9.80 Å². The molecule has 116 valence electrons. The topological polar surface area (TPSA) is 115 Å². The highest BCUT2D eigenvalue weighted by Crippen LogP contribution is 2.35. The Hall–Kier alpha value is -3.26. The Bertz CT molecular complexity index is 792. The molecule has 0 aliphatic carbocycles. The number of hydrogen-bond donors (Lipinski definition) is 2. The van der Waals surface area contributed by atoms with Gasteiger partial charge in [0, 0.05) is 18.2 Å². The number of imide groups is 1. The summed E-state index contributed by atoms with van der Waals surface area (Å²) in [5.74, 6) is -3.07. The molecule has 2 aliphatic rings. The highest BCUT2D eigenvalue weighted by Gasteiger charge is 2.33. The van der Waals surface area contributed by atoms with E-state index in [2.05, 4.69) is 0 Å². The van der Waals surface area contributed by atoms with E-state index in [1.165, 1.54) is 18.2 Å². The van der Waals surface area contributed by atoms with E-state index in [4.69, 9.17) is 5.11 Å². The summed E-state index contributed by atoms with van der Waals surface area (Å²) in [6.07, 6.45) is 3.15. The molecule has 0 saturated carbocycles. The number of aliphatic hydroxyl groups is 1. The van der Waals surface area contributed by atoms with Gasteiger partial charge in [0.25, 0.3) is 17.7 Å². The molecule has 2 heterocycles. The van der Waals surface area contributed by atoms with Gasteiger partial charge in [-0.05, 0) is 24.3 Å². The summed E-state index contributed by atoms with van der Waals surface area (Å²) in [5, 5.41) is 19.0. The molecule has 0 spiro atoms. The Balaban J connectivity index is 2.16. The molecule has 2 N–H and O–H groups in total. The fourth-order valence-electron chi connectivity index (χ4n) is 2.40. The number of amides is 3. The number of benzene rings is 1. The van der Waals surface area contributed by atoms with Crippen LogP contribution in [0.2, 0.25) is 0 Å². The lowest BCUT2D eigenvalue weighted by molar-refractivity contribution is -0.120. The first kappa shape index (κ1) is 14.7. The number of carbonyl (C=O) groups excluding carboxylic acids is 3. The van der Waals surface area contributed by atoms with E-state index in [9.17, 15) is 24.3 Å². The summed E-state index contributed by atoms with van der Waals surface area (Å²) in [5.41, 5.74) is -0.174. The van der Waals surface area contributed by atoms with Crippen LogP contribution in [0.5, 0.6) is 0 Å². The molecule has 8 heteroatoms. The van der Waals surface area contributed by atoms with Crippen molar-refractivity contribution in [2.24, 2.45) is 0 Å². The first-order chi connectivity index (χ1) is 10.9. The van der Waals surface area contributed by atoms with Gasteiger partial charge in [0.2, 0.25) is 0 Å². The van der Waals surface area contributed by atoms with E-state index < -0.39 is 29.9 Å². The van der Waals surface area contributed by atoms with Crippen molar-refractivity contribution in [1.82, 2.24) is 0 Å². The lowest BCUT2D eigenvalue weighted by Gasteiger charge is -2.26. The molecule has 1 unspecified atom stereocenters. The zero-order valence-corrected chi connectivity index (χ0v) is 11.5. The first-order valence-corrected chi connectivity index (χ1v) is 6.53. The number of carboxylic acid groups (broad SMARTS) is 1. The van der Waals surface area contributed by atoms with Crippen molar-refractivity contribution in [2.45, 2.75) is 6.23 Å². The van der Waals surface area contributed by atoms with Crippen molar-refractivity contribution >= 4 is 35.1 Å². The summed E-state index contributed by atoms with van der Waals surface area (Å²) < 4.78 is 0. The average Bonchev–Trinajstić information content (AvgIpc) is 3.01. The van der Waals surface area contributed by atoms with Gasteiger partial charge in [-0.2, -0.15) is 0 Å². The van der Waals surface area contributed by atoms with Gasteiger partial charge >= 0.3 is 5.97 Å². The van der Waals surface area contributed by atoms with Crippen LogP contribution in [0.25, 0.3) is 0 Å². The molecule has 1 aromatic carbocycles. The van der Waals surface area contributed by atoms with Gasteiger partial charge in [0.15, 0.2) is 6.23 Å². The molecule has 0 radical (unpaired) electrons. The number of carboxylic acids is 1. The van der Waals surface area contributed by atoms with Crippen LogP contribution in [0.1, 0.15) is 10.4 Å². The van der Waals surface area contributed by atoms with Gasteiger partial charge in [0.05, 0.1) is 16.9 Å². The number of anilines is 2. The van der Waals surface area contributed by atoms with E-state index in [0.29, 0.717) is 0 Å². The standard InChI is InChI=1S/C15H10N2O6/c18-11-3-4-12(19)16(11)9-2-1-8(15(22)23)7-10(9)17-13(20)5-6-14(17)21/h1-7,13,20H,(H,22,23). The normalized spacial score (nSPS) is 20.0. The lowest BCUT2D eigenvalue weighted by Crippen LogP contribution is -2.37. The highest BCUT2D eigenvalue weighted by molar-refractivity contribution is 6.29. The molecule has 0 aromatic heterocycles. The molecule has 2 aliphatic heterocycles. The minimum atomic E-state index is -1.31. The summed E-state index contributed by atoms with van der Waals surface area (Å²) in [7, 11) is 0. The van der Waals surface area contributed by atoms with Crippen LogP contribution in [-0.2, 0) is 14.4 Å². The van der Waals surface area contributed by atoms with E-state index in [1.807, 2.05) is 0 Å². The van der Waals surface area contributed by atoms with Gasteiger partial charge in [-0.15, -0.1) is 0 Å². The number of rotatable bonds is 3. The van der Waals surface area contributed by atoms with E-state index in [1.54, 1.807) is 0 Å². The van der Waals surface area contributed by atoms with E-state index in [-0.39, 0.29) is 16.9 Å². The smallest absolute Gasteiger partial charge is 0.335 e. The number of nitrogens with zero attached hydrogens (tertiary/aromatic N) is 2. The maximum atomic E-state index is 11.9. The summed E-state index contributed by atoms with van der Waals surface area (Å²) in [4.78, 5) is 48.5. The van der Waals surface area contributed by atoms with Gasteiger partial charge < -0.3 is 10.2 Å². The van der Waals surface area contributed by atoms with Crippen molar-refractivity contribution in [3.8, 4) is 0 Å². The summed E-state index contributed by atoms with van der Waals surface area (Å²) in [6, 6.07) is 3.59. The van der Waals surface area contributed by atoms with Crippen LogP contribution in [0.15, 0.2) is 42.5 Å². The fourth-order valence-corrected chi connectivity index (χ4v) is 2.40. The number of aliphatic hydroxyl groups excluding tert-OH is 1. The van der Waals surface area contributed by atoms with Crippen LogP contribution in [0.4, 0.5) is 11.4 Å². The minimum absolute atomic E-state index is 0.0195. The third-order valence-electron chi connectivity index (χ3n) is 3.44. The molecule has 1 atom stereocenters. The van der Waals surface area contributed by atoms with Gasteiger partial charge in [-0.1, -0.05) is 0 Å². The van der Waals surface area contributed by atoms with Crippen LogP contribution >= 0.6 is 0 Å². The molecule has 23 heavy (non-hydrogen) atoms. The van der Waals surface area contributed by atoms with Crippen molar-refractivity contribution < 1.29 is 29.4 Å².